The third-order valence-electron chi connectivity index (χ3n) is 3.16. The molecule has 108 valence electrons. The number of hydrogen-bond donors (Lipinski definition) is 1. The molecular formula is C14H21F3N2. The highest BCUT2D eigenvalue weighted by Gasteiger charge is 2.34. The summed E-state index contributed by atoms with van der Waals surface area (Å²) >= 11 is 0. The number of halogens is 3. The van der Waals surface area contributed by atoms with Crippen molar-refractivity contribution in [1.82, 2.24) is 4.90 Å². The molecule has 19 heavy (non-hydrogen) atoms. The third kappa shape index (κ3) is 4.84. The van der Waals surface area contributed by atoms with E-state index in [-0.39, 0.29) is 6.04 Å². The Morgan fingerprint density at radius 1 is 1.32 bits per heavy atom. The molecule has 0 spiro atoms. The van der Waals surface area contributed by atoms with E-state index >= 15 is 0 Å². The van der Waals surface area contributed by atoms with Gasteiger partial charge >= 0.3 is 6.18 Å². The van der Waals surface area contributed by atoms with Crippen molar-refractivity contribution >= 4 is 0 Å². The largest absolute Gasteiger partial charge is 0.401 e. The third-order valence-corrected chi connectivity index (χ3v) is 3.16. The van der Waals surface area contributed by atoms with E-state index in [2.05, 4.69) is 0 Å². The molecule has 0 fully saturated rings. The Balaban J connectivity index is 3.01. The first kappa shape index (κ1) is 16.0. The van der Waals surface area contributed by atoms with E-state index in [1.165, 1.54) is 11.9 Å². The van der Waals surface area contributed by atoms with Crippen LogP contribution in [0.2, 0.25) is 0 Å². The number of likely N-dealkylation sites (N-methyl/N-ethyl adjacent to an activating group) is 1. The molecule has 1 rings (SSSR count). The van der Waals surface area contributed by atoms with Crippen LogP contribution in [0.3, 0.4) is 0 Å². The van der Waals surface area contributed by atoms with Crippen LogP contribution in [0.25, 0.3) is 0 Å². The maximum Gasteiger partial charge on any atom is 0.401 e. The van der Waals surface area contributed by atoms with E-state index in [1.807, 2.05) is 38.1 Å². The number of hydrogen-bond acceptors (Lipinski definition) is 2. The topological polar surface area (TPSA) is 29.3 Å². The normalized spacial score (nSPS) is 15.6. The van der Waals surface area contributed by atoms with Gasteiger partial charge in [0.05, 0.1) is 6.54 Å². The van der Waals surface area contributed by atoms with Gasteiger partial charge in [-0.05, 0) is 26.0 Å². The Labute approximate surface area is 112 Å². The lowest BCUT2D eigenvalue weighted by molar-refractivity contribution is -0.148. The Morgan fingerprint density at radius 3 is 2.42 bits per heavy atom. The average Bonchev–Trinajstić information content (AvgIpc) is 2.26. The Hall–Kier alpha value is -1.07. The lowest BCUT2D eigenvalue weighted by Gasteiger charge is -2.33. The van der Waals surface area contributed by atoms with Gasteiger partial charge in [-0.3, -0.25) is 4.90 Å². The van der Waals surface area contributed by atoms with Gasteiger partial charge in [-0.1, -0.05) is 36.8 Å². The van der Waals surface area contributed by atoms with E-state index in [4.69, 9.17) is 5.73 Å². The molecule has 2 nitrogen and oxygen atoms in total. The van der Waals surface area contributed by atoms with E-state index in [9.17, 15) is 13.2 Å². The molecule has 0 amide bonds. The van der Waals surface area contributed by atoms with Crippen LogP contribution < -0.4 is 5.73 Å². The first-order chi connectivity index (χ1) is 8.74. The van der Waals surface area contributed by atoms with Crippen LogP contribution in [0.4, 0.5) is 13.2 Å². The summed E-state index contributed by atoms with van der Waals surface area (Å²) in [7, 11) is 1.47. The van der Waals surface area contributed by atoms with Crippen molar-refractivity contribution < 1.29 is 13.2 Å². The van der Waals surface area contributed by atoms with Gasteiger partial charge in [0.1, 0.15) is 0 Å². The molecule has 0 bridgehead atoms. The van der Waals surface area contributed by atoms with Crippen molar-refractivity contribution in [1.29, 1.82) is 0 Å². The summed E-state index contributed by atoms with van der Waals surface area (Å²) in [5, 5.41) is 0. The minimum absolute atomic E-state index is 0.325. The molecule has 0 aliphatic carbocycles. The lowest BCUT2D eigenvalue weighted by Crippen LogP contribution is -2.42. The van der Waals surface area contributed by atoms with E-state index in [0.29, 0.717) is 6.42 Å². The molecule has 1 aromatic rings. The van der Waals surface area contributed by atoms with Gasteiger partial charge in [0.15, 0.2) is 0 Å². The molecule has 2 unspecified atom stereocenters. The van der Waals surface area contributed by atoms with E-state index < -0.39 is 18.8 Å². The van der Waals surface area contributed by atoms with Crippen LogP contribution in [0.1, 0.15) is 30.5 Å². The van der Waals surface area contributed by atoms with Crippen LogP contribution in [0, 0.1) is 6.92 Å². The summed E-state index contributed by atoms with van der Waals surface area (Å²) in [4.78, 5) is 1.28. The quantitative estimate of drug-likeness (QED) is 0.893. The number of benzene rings is 1. The summed E-state index contributed by atoms with van der Waals surface area (Å²) in [6.07, 6.45) is -3.59. The Kier molecular flexibility index (Phi) is 5.38. The summed E-state index contributed by atoms with van der Waals surface area (Å²) < 4.78 is 37.6. The molecule has 5 heteroatoms. The molecule has 2 atom stereocenters. The fourth-order valence-electron chi connectivity index (χ4n) is 2.29. The molecule has 0 aromatic heterocycles. The summed E-state index contributed by atoms with van der Waals surface area (Å²) in [6.45, 7) is 2.84. The number of nitrogens with zero attached hydrogens (tertiary/aromatic N) is 1. The maximum atomic E-state index is 12.5. The Bertz CT molecular complexity index is 404. The van der Waals surface area contributed by atoms with Gasteiger partial charge in [-0.2, -0.15) is 13.2 Å². The lowest BCUT2D eigenvalue weighted by atomic mass is 9.95. The number of nitrogens with two attached hydrogens (primary N) is 1. The van der Waals surface area contributed by atoms with Crippen LogP contribution >= 0.6 is 0 Å². The zero-order valence-electron chi connectivity index (χ0n) is 11.5. The van der Waals surface area contributed by atoms with Gasteiger partial charge < -0.3 is 5.73 Å². The maximum absolute atomic E-state index is 12.5. The van der Waals surface area contributed by atoms with Gasteiger partial charge in [0.2, 0.25) is 0 Å². The van der Waals surface area contributed by atoms with Crippen molar-refractivity contribution in [2.45, 2.75) is 38.5 Å². The molecule has 1 aromatic carbocycles. The average molecular weight is 274 g/mol. The van der Waals surface area contributed by atoms with E-state index in [0.717, 1.165) is 11.1 Å². The van der Waals surface area contributed by atoms with Crippen LogP contribution in [-0.4, -0.2) is 30.7 Å². The first-order valence-electron chi connectivity index (χ1n) is 6.33. The second-order valence-corrected chi connectivity index (χ2v) is 4.96. The van der Waals surface area contributed by atoms with Crippen LogP contribution in [0.5, 0.6) is 0 Å². The highest BCUT2D eigenvalue weighted by atomic mass is 19.4. The smallest absolute Gasteiger partial charge is 0.326 e. The molecule has 0 aliphatic rings. The molecule has 2 N–H and O–H groups in total. The van der Waals surface area contributed by atoms with Crippen LogP contribution in [-0.2, 0) is 0 Å². The van der Waals surface area contributed by atoms with Crippen molar-refractivity contribution in [2.24, 2.45) is 5.73 Å². The summed E-state index contributed by atoms with van der Waals surface area (Å²) in [5.74, 6) is 0. The monoisotopic (exact) mass is 274 g/mol. The highest BCUT2D eigenvalue weighted by Crippen LogP contribution is 2.28. The second-order valence-electron chi connectivity index (χ2n) is 4.96. The van der Waals surface area contributed by atoms with Crippen molar-refractivity contribution in [3.63, 3.8) is 0 Å². The van der Waals surface area contributed by atoms with Crippen molar-refractivity contribution in [3.05, 3.63) is 35.4 Å². The predicted molar refractivity (Wildman–Crippen MR) is 70.9 cm³/mol. The van der Waals surface area contributed by atoms with Crippen LogP contribution in [0.15, 0.2) is 24.3 Å². The fraction of sp³-hybridized carbons (Fsp3) is 0.571. The zero-order valence-corrected chi connectivity index (χ0v) is 11.5. The molecule has 0 radical (unpaired) electrons. The number of rotatable bonds is 5. The number of aryl methyl sites for hydroxylation is 1. The molecule has 0 heterocycles. The second kappa shape index (κ2) is 6.39. The number of alkyl halides is 3. The summed E-state index contributed by atoms with van der Waals surface area (Å²) in [6, 6.07) is 6.75. The van der Waals surface area contributed by atoms with Gasteiger partial charge in [-0.15, -0.1) is 0 Å². The van der Waals surface area contributed by atoms with Crippen molar-refractivity contribution in [3.8, 4) is 0 Å². The highest BCUT2D eigenvalue weighted by molar-refractivity contribution is 5.26. The molecule has 0 saturated heterocycles. The first-order valence-corrected chi connectivity index (χ1v) is 6.33. The SMILES string of the molecule is CCC(N)C(c1cccc(C)c1)N(C)CC(F)(F)F. The minimum Gasteiger partial charge on any atom is -0.326 e. The van der Waals surface area contributed by atoms with Gasteiger partial charge in [-0.25, -0.2) is 0 Å². The summed E-state index contributed by atoms with van der Waals surface area (Å²) in [5.41, 5.74) is 7.86. The minimum atomic E-state index is -4.22. The van der Waals surface area contributed by atoms with E-state index in [1.54, 1.807) is 0 Å². The van der Waals surface area contributed by atoms with Gasteiger partial charge in [0, 0.05) is 12.1 Å². The van der Waals surface area contributed by atoms with Gasteiger partial charge in [0.25, 0.3) is 0 Å². The predicted octanol–water partition coefficient (Wildman–Crippen LogP) is 3.27. The molecule has 0 aliphatic heterocycles. The molecular weight excluding hydrogens is 253 g/mol. The Morgan fingerprint density at radius 2 is 1.95 bits per heavy atom. The standard InChI is InChI=1S/C14H21F3N2/c1-4-12(18)13(19(3)9-14(15,16)17)11-7-5-6-10(2)8-11/h5-8,12-13H,4,9,18H2,1-3H3. The van der Waals surface area contributed by atoms with Crippen molar-refractivity contribution in [2.75, 3.05) is 13.6 Å². The fourth-order valence-corrected chi connectivity index (χ4v) is 2.29. The zero-order chi connectivity index (χ0) is 14.6. The molecule has 0 saturated carbocycles.